The maximum absolute atomic E-state index is 11.7. The minimum atomic E-state index is -0.965. The summed E-state index contributed by atoms with van der Waals surface area (Å²) in [7, 11) is 0. The van der Waals surface area contributed by atoms with Gasteiger partial charge in [-0.3, -0.25) is 9.59 Å². The van der Waals surface area contributed by atoms with Gasteiger partial charge in [-0.1, -0.05) is 29.8 Å². The first kappa shape index (κ1) is 16.7. The summed E-state index contributed by atoms with van der Waals surface area (Å²) in [6.45, 7) is 3.72. The molecule has 0 aliphatic carbocycles. The molecule has 0 saturated carbocycles. The van der Waals surface area contributed by atoms with Crippen molar-refractivity contribution in [1.82, 2.24) is 5.32 Å². The van der Waals surface area contributed by atoms with Crippen molar-refractivity contribution in [3.05, 3.63) is 28.7 Å². The van der Waals surface area contributed by atoms with Crippen molar-refractivity contribution in [2.75, 3.05) is 11.9 Å². The van der Waals surface area contributed by atoms with Crippen molar-refractivity contribution < 1.29 is 14.7 Å². The highest BCUT2D eigenvalue weighted by molar-refractivity contribution is 9.10. The number of hydrogen-bond donors (Lipinski definition) is 3. The lowest BCUT2D eigenvalue weighted by atomic mass is 9.98. The van der Waals surface area contributed by atoms with E-state index in [4.69, 9.17) is 0 Å². The van der Waals surface area contributed by atoms with E-state index >= 15 is 0 Å². The van der Waals surface area contributed by atoms with Gasteiger partial charge in [0.2, 0.25) is 0 Å². The van der Waals surface area contributed by atoms with E-state index in [-0.39, 0.29) is 6.54 Å². The third-order valence-corrected chi connectivity index (χ3v) is 3.73. The van der Waals surface area contributed by atoms with Crippen LogP contribution in [0.15, 0.2) is 28.7 Å². The lowest BCUT2D eigenvalue weighted by molar-refractivity contribution is -0.136. The second kappa shape index (κ2) is 7.40. The van der Waals surface area contributed by atoms with Crippen LogP contribution in [0, 0.1) is 0 Å². The average Bonchev–Trinajstić information content (AvgIpc) is 2.46. The van der Waals surface area contributed by atoms with Crippen LogP contribution in [-0.4, -0.2) is 29.1 Å². The smallest absolute Gasteiger partial charge is 0.313 e. The summed E-state index contributed by atoms with van der Waals surface area (Å²) in [6.07, 6.45) is 1.02. The summed E-state index contributed by atoms with van der Waals surface area (Å²) in [5, 5.41) is 15.0. The highest BCUT2D eigenvalue weighted by Gasteiger charge is 2.24. The fraction of sp³-hybridized carbons (Fsp3) is 0.429. The Bertz CT molecular complexity index is 470. The van der Waals surface area contributed by atoms with Gasteiger partial charge in [-0.25, -0.2) is 0 Å². The van der Waals surface area contributed by atoms with E-state index in [2.05, 4.69) is 26.6 Å². The zero-order valence-corrected chi connectivity index (χ0v) is 13.2. The molecule has 0 radical (unpaired) electrons. The summed E-state index contributed by atoms with van der Waals surface area (Å²) >= 11 is 3.28. The molecule has 1 aromatic rings. The predicted molar refractivity (Wildman–Crippen MR) is 81.3 cm³/mol. The second-order valence-electron chi connectivity index (χ2n) is 4.58. The van der Waals surface area contributed by atoms with Gasteiger partial charge in [0.05, 0.1) is 5.60 Å². The zero-order chi connectivity index (χ0) is 15.2. The van der Waals surface area contributed by atoms with Gasteiger partial charge in [0, 0.05) is 16.7 Å². The largest absolute Gasteiger partial charge is 0.388 e. The molecular weight excluding hydrogens is 324 g/mol. The molecule has 1 rings (SSSR count). The normalized spacial score (nSPS) is 11.0. The first-order valence-electron chi connectivity index (χ1n) is 6.47. The highest BCUT2D eigenvalue weighted by Crippen LogP contribution is 2.14. The van der Waals surface area contributed by atoms with Crippen molar-refractivity contribution in [2.45, 2.75) is 32.3 Å². The number of aliphatic hydroxyl groups is 1. The lowest BCUT2D eigenvalue weighted by Crippen LogP contribution is -2.45. The van der Waals surface area contributed by atoms with Crippen LogP contribution in [0.4, 0.5) is 5.69 Å². The van der Waals surface area contributed by atoms with E-state index in [0.29, 0.717) is 18.5 Å². The molecule has 1 aromatic carbocycles. The molecule has 5 nitrogen and oxygen atoms in total. The Morgan fingerprint density at radius 1 is 1.15 bits per heavy atom. The lowest BCUT2D eigenvalue weighted by Gasteiger charge is -2.25. The third-order valence-electron chi connectivity index (χ3n) is 3.20. The van der Waals surface area contributed by atoms with Crippen molar-refractivity contribution in [3.8, 4) is 0 Å². The van der Waals surface area contributed by atoms with Crippen molar-refractivity contribution in [3.63, 3.8) is 0 Å². The number of carbonyl (C=O) groups is 2. The molecular formula is C14H19BrN2O3. The van der Waals surface area contributed by atoms with E-state index in [1.165, 1.54) is 0 Å². The van der Waals surface area contributed by atoms with Gasteiger partial charge in [0.15, 0.2) is 0 Å². The molecule has 0 aliphatic rings. The van der Waals surface area contributed by atoms with Crippen LogP contribution in [0.25, 0.3) is 0 Å². The summed E-state index contributed by atoms with van der Waals surface area (Å²) in [4.78, 5) is 23.3. The average molecular weight is 343 g/mol. The summed E-state index contributed by atoms with van der Waals surface area (Å²) < 4.78 is 0.885. The molecule has 0 heterocycles. The molecule has 20 heavy (non-hydrogen) atoms. The van der Waals surface area contributed by atoms with Crippen molar-refractivity contribution in [1.29, 1.82) is 0 Å². The molecule has 0 aromatic heterocycles. The maximum atomic E-state index is 11.7. The van der Waals surface area contributed by atoms with Gasteiger partial charge < -0.3 is 15.7 Å². The number of nitrogens with one attached hydrogen (secondary N) is 2. The Balaban J connectivity index is 2.51. The second-order valence-corrected chi connectivity index (χ2v) is 5.49. The van der Waals surface area contributed by atoms with E-state index in [9.17, 15) is 14.7 Å². The maximum Gasteiger partial charge on any atom is 0.313 e. The van der Waals surface area contributed by atoms with Crippen LogP contribution in [0.3, 0.4) is 0 Å². The van der Waals surface area contributed by atoms with Crippen molar-refractivity contribution >= 4 is 33.4 Å². The van der Waals surface area contributed by atoms with Crippen LogP contribution in [-0.2, 0) is 9.59 Å². The standard InChI is InChI=1S/C14H19BrN2O3/c1-3-14(20,4-2)9-16-12(18)13(19)17-11-7-5-10(15)6-8-11/h5-8,20H,3-4,9H2,1-2H3,(H,16,18)(H,17,19). The summed E-state index contributed by atoms with van der Waals surface area (Å²) in [5.41, 5.74) is -0.428. The highest BCUT2D eigenvalue weighted by atomic mass is 79.9. The Kier molecular flexibility index (Phi) is 6.16. The Labute approximate surface area is 126 Å². The number of amides is 2. The minimum Gasteiger partial charge on any atom is -0.388 e. The minimum absolute atomic E-state index is 0.0621. The number of anilines is 1. The van der Waals surface area contributed by atoms with Gasteiger partial charge >= 0.3 is 11.8 Å². The molecule has 0 spiro atoms. The van der Waals surface area contributed by atoms with Crippen LogP contribution < -0.4 is 10.6 Å². The molecule has 0 saturated heterocycles. The molecule has 0 bridgehead atoms. The molecule has 0 fully saturated rings. The predicted octanol–water partition coefficient (Wildman–Crippen LogP) is 2.05. The zero-order valence-electron chi connectivity index (χ0n) is 11.6. The van der Waals surface area contributed by atoms with Gasteiger partial charge in [0.1, 0.15) is 0 Å². The van der Waals surface area contributed by atoms with E-state index in [1.54, 1.807) is 24.3 Å². The monoisotopic (exact) mass is 342 g/mol. The fourth-order valence-electron chi connectivity index (χ4n) is 1.55. The Morgan fingerprint density at radius 2 is 1.70 bits per heavy atom. The Morgan fingerprint density at radius 3 is 2.20 bits per heavy atom. The molecule has 0 atom stereocenters. The molecule has 2 amide bonds. The topological polar surface area (TPSA) is 78.4 Å². The number of carbonyl (C=O) groups excluding carboxylic acids is 2. The number of rotatable bonds is 5. The van der Waals surface area contributed by atoms with Crippen LogP contribution in [0.1, 0.15) is 26.7 Å². The van der Waals surface area contributed by atoms with E-state index < -0.39 is 17.4 Å². The van der Waals surface area contributed by atoms with Gasteiger partial charge in [-0.15, -0.1) is 0 Å². The number of hydrogen-bond acceptors (Lipinski definition) is 3. The van der Waals surface area contributed by atoms with E-state index in [1.807, 2.05) is 13.8 Å². The van der Waals surface area contributed by atoms with Crippen LogP contribution in [0.2, 0.25) is 0 Å². The number of benzene rings is 1. The molecule has 0 unspecified atom stereocenters. The van der Waals surface area contributed by atoms with Crippen LogP contribution in [0.5, 0.6) is 0 Å². The third kappa shape index (κ3) is 4.94. The number of halogens is 1. The van der Waals surface area contributed by atoms with Gasteiger partial charge in [0.25, 0.3) is 0 Å². The van der Waals surface area contributed by atoms with E-state index in [0.717, 1.165) is 4.47 Å². The van der Waals surface area contributed by atoms with Gasteiger partial charge in [-0.05, 0) is 37.1 Å². The van der Waals surface area contributed by atoms with Crippen LogP contribution >= 0.6 is 15.9 Å². The first-order valence-corrected chi connectivity index (χ1v) is 7.26. The van der Waals surface area contributed by atoms with Gasteiger partial charge in [-0.2, -0.15) is 0 Å². The molecule has 6 heteroatoms. The molecule has 110 valence electrons. The van der Waals surface area contributed by atoms with Crippen molar-refractivity contribution in [2.24, 2.45) is 0 Å². The molecule has 3 N–H and O–H groups in total. The SMILES string of the molecule is CCC(O)(CC)CNC(=O)C(=O)Nc1ccc(Br)cc1. The fourth-order valence-corrected chi connectivity index (χ4v) is 1.81. The Hall–Kier alpha value is -1.40. The summed E-state index contributed by atoms with van der Waals surface area (Å²) in [6, 6.07) is 6.90. The quantitative estimate of drug-likeness (QED) is 0.716. The first-order chi connectivity index (χ1) is 9.40. The summed E-state index contributed by atoms with van der Waals surface area (Å²) in [5.74, 6) is -1.50. The molecule has 0 aliphatic heterocycles.